The van der Waals surface area contributed by atoms with Gasteiger partial charge in [0.15, 0.2) is 24.1 Å². The molecule has 0 aromatic heterocycles. The summed E-state index contributed by atoms with van der Waals surface area (Å²) in [6.45, 7) is 1.13. The molecule has 2 aliphatic heterocycles. The number of nitrogens with zero attached hydrogens (tertiary/aromatic N) is 1. The Morgan fingerprint density at radius 1 is 1.35 bits per heavy atom. The van der Waals surface area contributed by atoms with Gasteiger partial charge in [0.2, 0.25) is 5.91 Å². The smallest absolute Gasteiger partial charge is 0.330 e. The van der Waals surface area contributed by atoms with Gasteiger partial charge in [-0.15, -0.1) is 11.8 Å². The van der Waals surface area contributed by atoms with E-state index in [1.54, 1.807) is 0 Å². The Balaban J connectivity index is 1.58. The van der Waals surface area contributed by atoms with Crippen molar-refractivity contribution in [1.82, 2.24) is 4.90 Å². The van der Waals surface area contributed by atoms with Crippen molar-refractivity contribution in [2.75, 3.05) is 17.7 Å². The van der Waals surface area contributed by atoms with Crippen LogP contribution in [-0.2, 0) is 19.1 Å². The highest BCUT2D eigenvalue weighted by Crippen LogP contribution is 2.47. The molecular weight excluding hydrogens is 373 g/mol. The van der Waals surface area contributed by atoms with Crippen LogP contribution in [0.2, 0.25) is 0 Å². The largest absolute Gasteiger partial charge is 0.454 e. The van der Waals surface area contributed by atoms with Crippen molar-refractivity contribution in [2.45, 2.75) is 30.7 Å². The molecule has 1 aromatic rings. The van der Waals surface area contributed by atoms with Gasteiger partial charge in [0.1, 0.15) is 6.04 Å². The minimum atomic E-state index is -1.71. The Kier molecular flexibility index (Phi) is 4.87. The maximum atomic E-state index is 13.5. The van der Waals surface area contributed by atoms with Gasteiger partial charge in [-0.1, -0.05) is 0 Å². The summed E-state index contributed by atoms with van der Waals surface area (Å²) >= 11 is 1.47. The molecule has 6 nitrogen and oxygen atoms in total. The number of esters is 1. The molecule has 2 heterocycles. The zero-order valence-corrected chi connectivity index (χ0v) is 14.5. The van der Waals surface area contributed by atoms with E-state index in [1.807, 2.05) is 12.2 Å². The summed E-state index contributed by atoms with van der Waals surface area (Å²) in [6, 6.07) is 0.734. The average Bonchev–Trinajstić information content (AvgIpc) is 3.09. The molecule has 1 aromatic carbocycles. The highest BCUT2D eigenvalue weighted by Gasteiger charge is 2.53. The van der Waals surface area contributed by atoms with Crippen LogP contribution in [0.4, 0.5) is 18.9 Å². The van der Waals surface area contributed by atoms with Crippen LogP contribution < -0.4 is 5.32 Å². The molecule has 2 saturated heterocycles. The fourth-order valence-electron chi connectivity index (χ4n) is 3.04. The lowest BCUT2D eigenvalue weighted by Crippen LogP contribution is -2.47. The number of rotatable bonds is 4. The third-order valence-electron chi connectivity index (χ3n) is 4.37. The first kappa shape index (κ1) is 18.6. The van der Waals surface area contributed by atoms with Gasteiger partial charge < -0.3 is 15.0 Å². The molecule has 140 valence electrons. The minimum Gasteiger partial charge on any atom is -0.454 e. The molecule has 0 spiro atoms. The molecule has 0 saturated carbocycles. The van der Waals surface area contributed by atoms with E-state index in [0.29, 0.717) is 24.7 Å². The van der Waals surface area contributed by atoms with Gasteiger partial charge in [-0.3, -0.25) is 9.59 Å². The third-order valence-corrected chi connectivity index (χ3v) is 5.88. The van der Waals surface area contributed by atoms with Crippen molar-refractivity contribution < 1.29 is 32.3 Å². The van der Waals surface area contributed by atoms with Gasteiger partial charge in [0.05, 0.1) is 10.6 Å². The summed E-state index contributed by atoms with van der Waals surface area (Å²) < 4.78 is 44.4. The summed E-state index contributed by atoms with van der Waals surface area (Å²) in [5.41, 5.74) is -0.566. The van der Waals surface area contributed by atoms with Crippen molar-refractivity contribution in [3.8, 4) is 0 Å². The van der Waals surface area contributed by atoms with E-state index in [-0.39, 0.29) is 5.91 Å². The Morgan fingerprint density at radius 2 is 2.08 bits per heavy atom. The van der Waals surface area contributed by atoms with Crippen molar-refractivity contribution in [3.63, 3.8) is 0 Å². The standard InChI is InChI=1S/C16H15F3N2O4S/c1-16-5-4-12(23)21(16)10(7-26-16)15(24)25-6-11(22)20-9-3-2-8(17)13(18)14(9)19/h2-3,10H,4-7H2,1H3,(H,20,22)/t10-,16-/m0/s1. The number of fused-ring (bicyclic) bond motifs is 1. The summed E-state index contributed by atoms with van der Waals surface area (Å²) in [5, 5.41) is 2.00. The van der Waals surface area contributed by atoms with Crippen LogP contribution in [0.25, 0.3) is 0 Å². The van der Waals surface area contributed by atoms with Gasteiger partial charge in [0.25, 0.3) is 5.91 Å². The topological polar surface area (TPSA) is 75.7 Å². The SMILES string of the molecule is C[C@]12CCC(=O)N1[C@H](C(=O)OCC(=O)Nc1ccc(F)c(F)c1F)CS2. The summed E-state index contributed by atoms with van der Waals surface area (Å²) in [5.74, 6) is -6.08. The van der Waals surface area contributed by atoms with Gasteiger partial charge in [-0.2, -0.15) is 0 Å². The van der Waals surface area contributed by atoms with Crippen LogP contribution in [0, 0.1) is 17.5 Å². The number of anilines is 1. The van der Waals surface area contributed by atoms with E-state index in [1.165, 1.54) is 16.7 Å². The van der Waals surface area contributed by atoms with Gasteiger partial charge in [0, 0.05) is 12.2 Å². The average molecular weight is 388 g/mol. The highest BCUT2D eigenvalue weighted by molar-refractivity contribution is 8.01. The fraction of sp³-hybridized carbons (Fsp3) is 0.438. The first-order valence-corrected chi connectivity index (χ1v) is 8.77. The number of ether oxygens (including phenoxy) is 1. The van der Waals surface area contributed by atoms with E-state index in [9.17, 15) is 27.6 Å². The second-order valence-corrected chi connectivity index (χ2v) is 7.65. The quantitative estimate of drug-likeness (QED) is 0.631. The number of nitrogens with one attached hydrogen (secondary N) is 1. The highest BCUT2D eigenvalue weighted by atomic mass is 32.2. The van der Waals surface area contributed by atoms with Crippen molar-refractivity contribution >= 4 is 35.2 Å². The van der Waals surface area contributed by atoms with Crippen LogP contribution in [0.15, 0.2) is 12.1 Å². The van der Waals surface area contributed by atoms with E-state index in [2.05, 4.69) is 0 Å². The maximum Gasteiger partial charge on any atom is 0.330 e. The second kappa shape index (κ2) is 6.82. The fourth-order valence-corrected chi connectivity index (χ4v) is 4.45. The minimum absolute atomic E-state index is 0.146. The zero-order valence-electron chi connectivity index (χ0n) is 13.7. The van der Waals surface area contributed by atoms with Gasteiger partial charge >= 0.3 is 5.97 Å². The number of hydrogen-bond donors (Lipinski definition) is 1. The maximum absolute atomic E-state index is 13.5. The molecule has 2 amide bonds. The van der Waals surface area contributed by atoms with Crippen LogP contribution in [-0.4, -0.2) is 46.0 Å². The van der Waals surface area contributed by atoms with Gasteiger partial charge in [-0.25, -0.2) is 18.0 Å². The molecule has 2 fully saturated rings. The Hall–Kier alpha value is -2.23. The number of hydrogen-bond acceptors (Lipinski definition) is 5. The summed E-state index contributed by atoms with van der Waals surface area (Å²) in [4.78, 5) is 37.0. The Labute approximate surface area is 151 Å². The van der Waals surface area contributed by atoms with Crippen molar-refractivity contribution in [2.24, 2.45) is 0 Å². The van der Waals surface area contributed by atoms with Crippen LogP contribution in [0.5, 0.6) is 0 Å². The first-order chi connectivity index (χ1) is 12.2. The molecule has 0 unspecified atom stereocenters. The van der Waals surface area contributed by atoms with Crippen LogP contribution in [0.1, 0.15) is 19.8 Å². The molecule has 3 rings (SSSR count). The third kappa shape index (κ3) is 3.25. The van der Waals surface area contributed by atoms with Crippen molar-refractivity contribution in [1.29, 1.82) is 0 Å². The van der Waals surface area contributed by atoms with E-state index >= 15 is 0 Å². The van der Waals surface area contributed by atoms with E-state index < -0.39 is 52.5 Å². The zero-order chi connectivity index (χ0) is 19.1. The van der Waals surface area contributed by atoms with E-state index in [4.69, 9.17) is 4.74 Å². The number of benzene rings is 1. The van der Waals surface area contributed by atoms with Crippen LogP contribution in [0.3, 0.4) is 0 Å². The Morgan fingerprint density at radius 3 is 2.81 bits per heavy atom. The summed E-state index contributed by atoms with van der Waals surface area (Å²) in [7, 11) is 0. The lowest BCUT2D eigenvalue weighted by atomic mass is 10.2. The second-order valence-electron chi connectivity index (χ2n) is 6.14. The Bertz CT molecular complexity index is 791. The number of carbonyl (C=O) groups is 3. The predicted octanol–water partition coefficient (Wildman–Crippen LogP) is 2.04. The molecule has 10 heteroatoms. The number of halogens is 3. The monoisotopic (exact) mass is 388 g/mol. The lowest BCUT2D eigenvalue weighted by Gasteiger charge is -2.29. The first-order valence-electron chi connectivity index (χ1n) is 7.79. The molecule has 0 aliphatic carbocycles. The predicted molar refractivity (Wildman–Crippen MR) is 86.6 cm³/mol. The summed E-state index contributed by atoms with van der Waals surface area (Å²) in [6.07, 6.45) is 0.985. The molecule has 0 bridgehead atoms. The van der Waals surface area contributed by atoms with E-state index in [0.717, 1.165) is 6.07 Å². The molecular formula is C16H15F3N2O4S. The number of carbonyl (C=O) groups excluding carboxylic acids is 3. The molecule has 26 heavy (non-hydrogen) atoms. The van der Waals surface area contributed by atoms with Gasteiger partial charge in [-0.05, 0) is 25.5 Å². The molecule has 2 aliphatic rings. The lowest BCUT2D eigenvalue weighted by molar-refractivity contribution is -0.155. The molecule has 2 atom stereocenters. The molecule has 1 N–H and O–H groups in total. The van der Waals surface area contributed by atoms with Crippen LogP contribution >= 0.6 is 11.8 Å². The normalized spacial score (nSPS) is 24.5. The number of thioether (sulfide) groups is 1. The molecule has 0 radical (unpaired) electrons. The number of amides is 2. The van der Waals surface area contributed by atoms with Crippen molar-refractivity contribution in [3.05, 3.63) is 29.6 Å².